The van der Waals surface area contributed by atoms with Gasteiger partial charge in [-0.1, -0.05) is 11.3 Å². The van der Waals surface area contributed by atoms with Crippen LogP contribution >= 0.6 is 11.3 Å². The predicted molar refractivity (Wildman–Crippen MR) is 151 cm³/mol. The van der Waals surface area contributed by atoms with Gasteiger partial charge in [-0.3, -0.25) is 9.20 Å². The Kier molecular flexibility index (Phi) is 6.49. The lowest BCUT2D eigenvalue weighted by Gasteiger charge is -2.26. The maximum atomic E-state index is 12.6. The first-order valence-corrected chi connectivity index (χ1v) is 15.0. The molecule has 1 aliphatic heterocycles. The number of carbonyl (C=O) groups is 1. The topological polar surface area (TPSA) is 161 Å². The molecule has 40 heavy (non-hydrogen) atoms. The van der Waals surface area contributed by atoms with Crippen molar-refractivity contribution in [3.8, 4) is 11.3 Å². The van der Waals surface area contributed by atoms with Crippen LogP contribution in [0.25, 0.3) is 26.6 Å². The van der Waals surface area contributed by atoms with E-state index in [-0.39, 0.29) is 30.0 Å². The smallest absolute Gasteiger partial charge is 0.222 e. The van der Waals surface area contributed by atoms with Gasteiger partial charge in [0.1, 0.15) is 16.5 Å². The highest BCUT2D eigenvalue weighted by Crippen LogP contribution is 2.37. The summed E-state index contributed by atoms with van der Waals surface area (Å²) in [6.45, 7) is 1.89. The minimum Gasteiger partial charge on any atom is -0.395 e. The van der Waals surface area contributed by atoms with Gasteiger partial charge >= 0.3 is 0 Å². The number of aliphatic hydroxyl groups is 1. The van der Waals surface area contributed by atoms with Crippen LogP contribution in [0.15, 0.2) is 53.9 Å². The number of imidazole rings is 1. The zero-order chi connectivity index (χ0) is 28.1. The number of ether oxygens (including phenoxy) is 1. The van der Waals surface area contributed by atoms with E-state index in [0.717, 1.165) is 21.6 Å². The Labute approximate surface area is 233 Å². The van der Waals surface area contributed by atoms with Gasteiger partial charge in [0.05, 0.1) is 30.1 Å². The van der Waals surface area contributed by atoms with Crippen LogP contribution in [0.1, 0.15) is 18.9 Å². The molecule has 0 spiro atoms. The Morgan fingerprint density at radius 3 is 2.77 bits per heavy atom. The monoisotopic (exact) mass is 579 g/mol. The number of nitrogens with one attached hydrogen (secondary N) is 2. The molecule has 1 saturated heterocycles. The molecule has 1 unspecified atom stereocenters. The van der Waals surface area contributed by atoms with Crippen LogP contribution in [-0.2, 0) is 24.8 Å². The summed E-state index contributed by atoms with van der Waals surface area (Å²) in [4.78, 5) is 31.3. The van der Waals surface area contributed by atoms with E-state index in [1.54, 1.807) is 24.5 Å². The van der Waals surface area contributed by atoms with E-state index in [2.05, 4.69) is 25.6 Å². The Bertz CT molecular complexity index is 1880. The zero-order valence-electron chi connectivity index (χ0n) is 21.6. The molecule has 0 saturated carbocycles. The quantitative estimate of drug-likeness (QED) is 0.261. The third kappa shape index (κ3) is 4.79. The molecule has 0 radical (unpaired) electrons. The molecule has 1 fully saturated rings. The predicted octanol–water partition coefficient (Wildman–Crippen LogP) is 3.16. The van der Waals surface area contributed by atoms with Crippen LogP contribution in [0.4, 0.5) is 17.3 Å². The fourth-order valence-corrected chi connectivity index (χ4v) is 6.31. The number of anilines is 3. The van der Waals surface area contributed by atoms with Crippen LogP contribution in [0, 0.1) is 0 Å². The number of amides is 1. The maximum Gasteiger partial charge on any atom is 0.222 e. The molecule has 6 rings (SSSR count). The average molecular weight is 580 g/mol. The van der Waals surface area contributed by atoms with E-state index in [1.807, 2.05) is 22.7 Å². The molecule has 5 aromatic heterocycles. The van der Waals surface area contributed by atoms with Crippen molar-refractivity contribution in [1.82, 2.24) is 24.3 Å². The normalized spacial score (nSPS) is 17.5. The molecule has 206 valence electrons. The standard InChI is InChI=1S/C26H25N7O5S2/c1-15(35)29-21-11-19(17(12-28-21)18-3-4-20-24(31-18)39-25-27-6-7-33(20)25)30-22-9-16(10-23(32-22)40(2,36)37)26(13-34)5-8-38-14-26/h3-4,6-7,9-12,34H,5,8,13-14H2,1-2H3,(H2,28,29,30,32,35). The lowest BCUT2D eigenvalue weighted by Crippen LogP contribution is -2.31. The Morgan fingerprint density at radius 1 is 1.20 bits per heavy atom. The fraction of sp³-hybridized carbons (Fsp3) is 0.269. The van der Waals surface area contributed by atoms with E-state index >= 15 is 0 Å². The van der Waals surface area contributed by atoms with E-state index < -0.39 is 15.3 Å². The first kappa shape index (κ1) is 26.3. The Hall–Kier alpha value is -3.98. The number of hydrogen-bond donors (Lipinski definition) is 3. The second-order valence-corrected chi connectivity index (χ2v) is 12.6. The van der Waals surface area contributed by atoms with E-state index in [1.165, 1.54) is 24.3 Å². The highest BCUT2D eigenvalue weighted by atomic mass is 32.2. The van der Waals surface area contributed by atoms with Crippen LogP contribution in [0.2, 0.25) is 0 Å². The molecule has 12 nitrogen and oxygen atoms in total. The average Bonchev–Trinajstić information content (AvgIpc) is 3.64. The van der Waals surface area contributed by atoms with Gasteiger partial charge in [-0.15, -0.1) is 0 Å². The summed E-state index contributed by atoms with van der Waals surface area (Å²) in [7, 11) is -3.68. The van der Waals surface area contributed by atoms with Crippen LogP contribution in [0.5, 0.6) is 0 Å². The van der Waals surface area contributed by atoms with Gasteiger partial charge in [0, 0.05) is 55.4 Å². The van der Waals surface area contributed by atoms with Crippen LogP contribution in [0.3, 0.4) is 0 Å². The summed E-state index contributed by atoms with van der Waals surface area (Å²) in [5, 5.41) is 16.0. The third-order valence-electron chi connectivity index (χ3n) is 6.84. The lowest BCUT2D eigenvalue weighted by atomic mass is 9.81. The highest BCUT2D eigenvalue weighted by Gasteiger charge is 2.37. The number of hydrogen-bond acceptors (Lipinski definition) is 11. The number of fused-ring (bicyclic) bond motifs is 3. The fourth-order valence-electron chi connectivity index (χ4n) is 4.74. The number of thiazole rings is 1. The molecule has 0 aromatic carbocycles. The van der Waals surface area contributed by atoms with Crippen molar-refractivity contribution in [2.45, 2.75) is 23.8 Å². The first-order chi connectivity index (χ1) is 19.1. The van der Waals surface area contributed by atoms with Crippen molar-refractivity contribution in [3.05, 3.63) is 54.5 Å². The largest absolute Gasteiger partial charge is 0.395 e. The van der Waals surface area contributed by atoms with Crippen molar-refractivity contribution in [2.75, 3.05) is 36.7 Å². The summed E-state index contributed by atoms with van der Waals surface area (Å²) in [5.41, 5.74) is 2.48. The second kappa shape index (κ2) is 9.89. The van der Waals surface area contributed by atoms with Gasteiger partial charge in [0.15, 0.2) is 19.8 Å². The van der Waals surface area contributed by atoms with Gasteiger partial charge < -0.3 is 20.5 Å². The SMILES string of the molecule is CC(=O)Nc1cc(Nc2cc(C3(CO)CCOC3)cc(S(C)(=O)=O)n2)c(-c2ccc3c(n2)sc2nccn23)cn1. The van der Waals surface area contributed by atoms with Gasteiger partial charge in [-0.2, -0.15) is 0 Å². The summed E-state index contributed by atoms with van der Waals surface area (Å²) in [6.07, 6.45) is 6.82. The van der Waals surface area contributed by atoms with Crippen molar-refractivity contribution in [1.29, 1.82) is 0 Å². The summed E-state index contributed by atoms with van der Waals surface area (Å²) >= 11 is 1.45. The van der Waals surface area contributed by atoms with Crippen LogP contribution in [-0.4, -0.2) is 69.8 Å². The van der Waals surface area contributed by atoms with Gasteiger partial charge in [0.2, 0.25) is 5.91 Å². The molecule has 5 aromatic rings. The minimum atomic E-state index is -3.68. The third-order valence-corrected chi connectivity index (χ3v) is 8.79. The molecular formula is C26H25N7O5S2. The number of rotatable bonds is 7. The Balaban J connectivity index is 1.48. The van der Waals surface area contributed by atoms with Crippen molar-refractivity contribution >= 4 is 59.7 Å². The number of pyridine rings is 3. The zero-order valence-corrected chi connectivity index (χ0v) is 23.2. The number of sulfone groups is 1. The number of aromatic nitrogens is 5. The minimum absolute atomic E-state index is 0.133. The molecule has 1 aliphatic rings. The number of nitrogens with zero attached hydrogens (tertiary/aromatic N) is 5. The second-order valence-electron chi connectivity index (χ2n) is 9.72. The van der Waals surface area contributed by atoms with E-state index in [4.69, 9.17) is 9.72 Å². The molecule has 3 N–H and O–H groups in total. The van der Waals surface area contributed by atoms with Crippen molar-refractivity contribution in [2.24, 2.45) is 0 Å². The molecule has 0 aliphatic carbocycles. The van der Waals surface area contributed by atoms with Gasteiger partial charge in [-0.05, 0) is 36.2 Å². The van der Waals surface area contributed by atoms with E-state index in [9.17, 15) is 18.3 Å². The summed E-state index contributed by atoms with van der Waals surface area (Å²) in [6, 6.07) is 8.65. The van der Waals surface area contributed by atoms with Gasteiger partial charge in [0.25, 0.3) is 0 Å². The molecule has 14 heteroatoms. The summed E-state index contributed by atoms with van der Waals surface area (Å²) in [5.74, 6) is 0.248. The van der Waals surface area contributed by atoms with Gasteiger partial charge in [-0.25, -0.2) is 28.4 Å². The van der Waals surface area contributed by atoms with Crippen molar-refractivity contribution in [3.63, 3.8) is 0 Å². The van der Waals surface area contributed by atoms with Crippen molar-refractivity contribution < 1.29 is 23.1 Å². The molecule has 1 atom stereocenters. The first-order valence-electron chi connectivity index (χ1n) is 12.3. The molecular weight excluding hydrogens is 554 g/mol. The van der Waals surface area contributed by atoms with E-state index in [0.29, 0.717) is 41.4 Å². The molecule has 1 amide bonds. The molecule has 6 heterocycles. The summed E-state index contributed by atoms with van der Waals surface area (Å²) < 4.78 is 32.7. The highest BCUT2D eigenvalue weighted by molar-refractivity contribution is 7.90. The molecule has 0 bridgehead atoms. The van der Waals surface area contributed by atoms with Crippen LogP contribution < -0.4 is 10.6 Å². The lowest BCUT2D eigenvalue weighted by molar-refractivity contribution is -0.114. The Morgan fingerprint density at radius 2 is 2.05 bits per heavy atom. The maximum absolute atomic E-state index is 12.6. The number of aliphatic hydroxyl groups excluding tert-OH is 1. The number of carbonyl (C=O) groups excluding carboxylic acids is 1.